The highest BCUT2D eigenvalue weighted by atomic mass is 16.5. The van der Waals surface area contributed by atoms with Gasteiger partial charge in [0, 0.05) is 18.7 Å². The second-order valence-electron chi connectivity index (χ2n) is 8.70. The van der Waals surface area contributed by atoms with E-state index in [0.29, 0.717) is 28.0 Å². The average Bonchev–Trinajstić information content (AvgIpc) is 3.12. The van der Waals surface area contributed by atoms with Crippen LogP contribution in [0.5, 0.6) is 17.2 Å². The molecule has 0 bridgehead atoms. The molecule has 0 spiro atoms. The number of hydrogen-bond acceptors (Lipinski definition) is 6. The Balaban J connectivity index is 1.79. The number of ether oxygens (including phenoxy) is 3. The molecule has 180 valence electrons. The summed E-state index contributed by atoms with van der Waals surface area (Å²) in [5, 5.41) is 0.451. The van der Waals surface area contributed by atoms with Crippen molar-refractivity contribution in [1.29, 1.82) is 0 Å². The summed E-state index contributed by atoms with van der Waals surface area (Å²) < 4.78 is 23.0. The number of likely N-dealkylation sites (tertiary alicyclic amines) is 1. The fourth-order valence-electron chi connectivity index (χ4n) is 4.52. The first kappa shape index (κ1) is 23.7. The molecule has 0 radical (unpaired) electrons. The van der Waals surface area contributed by atoms with Crippen LogP contribution in [-0.4, -0.2) is 44.7 Å². The predicted octanol–water partition coefficient (Wildman–Crippen LogP) is 4.88. The van der Waals surface area contributed by atoms with Gasteiger partial charge >= 0.3 is 0 Å². The maximum absolute atomic E-state index is 13.6. The molecule has 0 unspecified atom stereocenters. The number of amides is 1. The molecule has 1 aliphatic heterocycles. The number of rotatable bonds is 6. The van der Waals surface area contributed by atoms with Crippen LogP contribution in [0.3, 0.4) is 0 Å². The van der Waals surface area contributed by atoms with E-state index in [2.05, 4.69) is 0 Å². The average molecular weight is 466 g/mol. The molecule has 0 aliphatic carbocycles. The van der Waals surface area contributed by atoms with Gasteiger partial charge in [-0.25, -0.2) is 0 Å². The van der Waals surface area contributed by atoms with E-state index in [1.54, 1.807) is 32.4 Å². The third-order valence-electron chi connectivity index (χ3n) is 6.24. The molecule has 1 fully saturated rings. The maximum Gasteiger partial charge on any atom is 0.260 e. The second-order valence-corrected chi connectivity index (χ2v) is 8.70. The fraction of sp³-hybridized carbons (Fsp3) is 0.407. The Hall–Kier alpha value is -3.48. The summed E-state index contributed by atoms with van der Waals surface area (Å²) in [5.41, 5.74) is 2.54. The van der Waals surface area contributed by atoms with Crippen molar-refractivity contribution in [2.75, 3.05) is 33.9 Å². The standard InChI is InChI=1S/C27H31NO6/c1-17-13-18(2)24-22(14-17)34-26(19-9-10-20(31-3)21(15-19)32-4)27(25(24)30)33-16-23(29)28-11-7-5-6-8-12-28/h9-10,13-15H,5-8,11-12,16H2,1-4H3. The van der Waals surface area contributed by atoms with Crippen molar-refractivity contribution in [3.8, 4) is 28.6 Å². The summed E-state index contributed by atoms with van der Waals surface area (Å²) >= 11 is 0. The van der Waals surface area contributed by atoms with Crippen LogP contribution in [0.1, 0.15) is 36.8 Å². The lowest BCUT2D eigenvalue weighted by atomic mass is 10.0. The Morgan fingerprint density at radius 1 is 0.971 bits per heavy atom. The van der Waals surface area contributed by atoms with E-state index in [4.69, 9.17) is 18.6 Å². The Kier molecular flexibility index (Phi) is 7.10. The minimum absolute atomic E-state index is 0.0230. The highest BCUT2D eigenvalue weighted by Gasteiger charge is 2.23. The Morgan fingerprint density at radius 2 is 1.68 bits per heavy atom. The molecule has 2 heterocycles. The van der Waals surface area contributed by atoms with Crippen molar-refractivity contribution in [1.82, 2.24) is 4.90 Å². The first-order chi connectivity index (χ1) is 16.4. The highest BCUT2D eigenvalue weighted by Crippen LogP contribution is 2.37. The molecule has 0 saturated carbocycles. The lowest BCUT2D eigenvalue weighted by molar-refractivity contribution is -0.133. The largest absolute Gasteiger partial charge is 0.493 e. The Morgan fingerprint density at radius 3 is 2.35 bits per heavy atom. The third kappa shape index (κ3) is 4.74. The van der Waals surface area contributed by atoms with Gasteiger partial charge in [0.05, 0.1) is 19.6 Å². The van der Waals surface area contributed by atoms with Gasteiger partial charge in [-0.05, 0) is 62.1 Å². The summed E-state index contributed by atoms with van der Waals surface area (Å²) in [5.74, 6) is 1.21. The zero-order chi connectivity index (χ0) is 24.2. The number of hydrogen-bond donors (Lipinski definition) is 0. The van der Waals surface area contributed by atoms with Gasteiger partial charge in [0.15, 0.2) is 23.9 Å². The topological polar surface area (TPSA) is 78.2 Å². The minimum Gasteiger partial charge on any atom is -0.493 e. The van der Waals surface area contributed by atoms with Crippen molar-refractivity contribution >= 4 is 16.9 Å². The molecule has 0 atom stereocenters. The van der Waals surface area contributed by atoms with Gasteiger partial charge in [-0.15, -0.1) is 0 Å². The molecule has 1 saturated heterocycles. The molecule has 7 nitrogen and oxygen atoms in total. The van der Waals surface area contributed by atoms with Crippen LogP contribution in [0.15, 0.2) is 39.5 Å². The van der Waals surface area contributed by atoms with Gasteiger partial charge in [0.2, 0.25) is 11.2 Å². The van der Waals surface area contributed by atoms with Crippen LogP contribution in [-0.2, 0) is 4.79 Å². The summed E-state index contributed by atoms with van der Waals surface area (Å²) in [6, 6.07) is 9.01. The van der Waals surface area contributed by atoms with E-state index in [1.807, 2.05) is 30.9 Å². The van der Waals surface area contributed by atoms with Crippen LogP contribution in [0, 0.1) is 13.8 Å². The van der Waals surface area contributed by atoms with E-state index in [0.717, 1.165) is 49.9 Å². The lowest BCUT2D eigenvalue weighted by Crippen LogP contribution is -2.36. The normalized spacial score (nSPS) is 14.1. The van der Waals surface area contributed by atoms with Gasteiger partial charge in [0.1, 0.15) is 5.58 Å². The van der Waals surface area contributed by atoms with Crippen molar-refractivity contribution in [2.45, 2.75) is 39.5 Å². The molecule has 7 heteroatoms. The number of carbonyl (C=O) groups is 1. The third-order valence-corrected chi connectivity index (χ3v) is 6.24. The minimum atomic E-state index is -0.299. The van der Waals surface area contributed by atoms with Gasteiger partial charge in [-0.2, -0.15) is 0 Å². The number of methoxy groups -OCH3 is 2. The smallest absolute Gasteiger partial charge is 0.260 e. The van der Waals surface area contributed by atoms with Gasteiger partial charge in [0.25, 0.3) is 5.91 Å². The maximum atomic E-state index is 13.6. The van der Waals surface area contributed by atoms with E-state index >= 15 is 0 Å². The number of carbonyl (C=O) groups excluding carboxylic acids is 1. The molecule has 34 heavy (non-hydrogen) atoms. The number of benzene rings is 2. The second kappa shape index (κ2) is 10.2. The molecule has 1 aromatic heterocycles. The quantitative estimate of drug-likeness (QED) is 0.517. The van der Waals surface area contributed by atoms with Crippen LogP contribution in [0.4, 0.5) is 0 Å². The summed E-state index contributed by atoms with van der Waals surface area (Å²) in [4.78, 5) is 28.3. The molecule has 1 aliphatic rings. The first-order valence-electron chi connectivity index (χ1n) is 11.6. The fourth-order valence-corrected chi connectivity index (χ4v) is 4.52. The molecular weight excluding hydrogens is 434 g/mol. The predicted molar refractivity (Wildman–Crippen MR) is 131 cm³/mol. The van der Waals surface area contributed by atoms with Crippen LogP contribution in [0.25, 0.3) is 22.3 Å². The van der Waals surface area contributed by atoms with Crippen molar-refractivity contribution in [3.05, 3.63) is 51.7 Å². The SMILES string of the molecule is COc1ccc(-c2oc3cc(C)cc(C)c3c(=O)c2OCC(=O)N2CCCCCC2)cc1OC. The van der Waals surface area contributed by atoms with Crippen LogP contribution in [0.2, 0.25) is 0 Å². The molecule has 4 rings (SSSR count). The zero-order valence-electron chi connectivity index (χ0n) is 20.2. The van der Waals surface area contributed by atoms with E-state index in [9.17, 15) is 9.59 Å². The van der Waals surface area contributed by atoms with E-state index < -0.39 is 0 Å². The first-order valence-corrected chi connectivity index (χ1v) is 11.6. The molecule has 3 aromatic rings. The lowest BCUT2D eigenvalue weighted by Gasteiger charge is -2.21. The van der Waals surface area contributed by atoms with E-state index in [-0.39, 0.29) is 29.5 Å². The van der Waals surface area contributed by atoms with Crippen molar-refractivity contribution in [3.63, 3.8) is 0 Å². The number of nitrogens with zero attached hydrogens (tertiary/aromatic N) is 1. The zero-order valence-corrected chi connectivity index (χ0v) is 20.2. The van der Waals surface area contributed by atoms with Gasteiger partial charge < -0.3 is 23.5 Å². The van der Waals surface area contributed by atoms with Crippen LogP contribution >= 0.6 is 0 Å². The Bertz CT molecular complexity index is 1250. The molecule has 1 amide bonds. The number of aryl methyl sites for hydroxylation is 2. The monoisotopic (exact) mass is 465 g/mol. The Labute approximate surface area is 199 Å². The van der Waals surface area contributed by atoms with Crippen molar-refractivity contribution < 1.29 is 23.4 Å². The molecular formula is C27H31NO6. The summed E-state index contributed by atoms with van der Waals surface area (Å²) in [7, 11) is 3.10. The van der Waals surface area contributed by atoms with Crippen LogP contribution < -0.4 is 19.6 Å². The summed E-state index contributed by atoms with van der Waals surface area (Å²) in [6.07, 6.45) is 4.22. The van der Waals surface area contributed by atoms with Gasteiger partial charge in [-0.3, -0.25) is 9.59 Å². The molecule has 2 aromatic carbocycles. The highest BCUT2D eigenvalue weighted by molar-refractivity contribution is 5.86. The number of fused-ring (bicyclic) bond motifs is 1. The van der Waals surface area contributed by atoms with E-state index in [1.165, 1.54) is 0 Å². The van der Waals surface area contributed by atoms with Gasteiger partial charge in [-0.1, -0.05) is 18.9 Å². The summed E-state index contributed by atoms with van der Waals surface area (Å²) in [6.45, 7) is 5.04. The van der Waals surface area contributed by atoms with Crippen molar-refractivity contribution in [2.24, 2.45) is 0 Å². The molecule has 0 N–H and O–H groups in total.